The van der Waals surface area contributed by atoms with Crippen molar-refractivity contribution >= 4 is 0 Å². The fourth-order valence-corrected chi connectivity index (χ4v) is 2.36. The van der Waals surface area contributed by atoms with E-state index in [1.807, 2.05) is 0 Å². The molecule has 0 aromatic carbocycles. The van der Waals surface area contributed by atoms with Crippen LogP contribution >= 0.6 is 0 Å². The minimum absolute atomic E-state index is 0.126. The molecular formula is C16H27N. The van der Waals surface area contributed by atoms with E-state index in [-0.39, 0.29) is 10.8 Å². The molecule has 1 heteroatoms. The van der Waals surface area contributed by atoms with Gasteiger partial charge in [0.1, 0.15) is 0 Å². The van der Waals surface area contributed by atoms with Crippen LogP contribution < -0.4 is 5.73 Å². The highest BCUT2D eigenvalue weighted by atomic mass is 14.6. The molecule has 0 aliphatic heterocycles. The maximum atomic E-state index is 6.40. The van der Waals surface area contributed by atoms with Gasteiger partial charge in [-0.05, 0) is 42.2 Å². The van der Waals surface area contributed by atoms with Gasteiger partial charge in [0.15, 0.2) is 0 Å². The van der Waals surface area contributed by atoms with E-state index >= 15 is 0 Å². The zero-order chi connectivity index (χ0) is 13.4. The molecule has 0 saturated heterocycles. The van der Waals surface area contributed by atoms with E-state index in [4.69, 9.17) is 5.73 Å². The quantitative estimate of drug-likeness (QED) is 0.705. The first-order valence-corrected chi connectivity index (χ1v) is 6.42. The van der Waals surface area contributed by atoms with Crippen molar-refractivity contribution in [1.29, 1.82) is 0 Å². The van der Waals surface area contributed by atoms with Crippen LogP contribution in [0.15, 0.2) is 34.6 Å². The van der Waals surface area contributed by atoms with Gasteiger partial charge in [-0.1, -0.05) is 52.3 Å². The Kier molecular flexibility index (Phi) is 3.61. The van der Waals surface area contributed by atoms with Crippen LogP contribution in [0, 0.1) is 10.8 Å². The van der Waals surface area contributed by atoms with Gasteiger partial charge >= 0.3 is 0 Å². The van der Waals surface area contributed by atoms with Crippen LogP contribution in [0.25, 0.3) is 0 Å². The van der Waals surface area contributed by atoms with Crippen LogP contribution in [0.1, 0.15) is 54.9 Å². The zero-order valence-electron chi connectivity index (χ0n) is 12.4. The molecule has 0 spiro atoms. The summed E-state index contributed by atoms with van der Waals surface area (Å²) >= 11 is 0. The summed E-state index contributed by atoms with van der Waals surface area (Å²) in [6.45, 7) is 15.5. The number of allylic oxidation sites excluding steroid dienone is 5. The first-order valence-electron chi connectivity index (χ1n) is 6.42. The van der Waals surface area contributed by atoms with E-state index in [1.165, 1.54) is 16.7 Å². The number of hydrogen-bond acceptors (Lipinski definition) is 1. The van der Waals surface area contributed by atoms with Gasteiger partial charge in [-0.3, -0.25) is 0 Å². The van der Waals surface area contributed by atoms with Crippen LogP contribution in [0.3, 0.4) is 0 Å². The topological polar surface area (TPSA) is 26.0 Å². The molecule has 96 valence electrons. The number of nitrogens with two attached hydrogens (primary N) is 1. The van der Waals surface area contributed by atoms with Gasteiger partial charge in [-0.2, -0.15) is 0 Å². The summed E-state index contributed by atoms with van der Waals surface area (Å²) in [5.74, 6) is 0. The fraction of sp³-hybridized carbons (Fsp3) is 0.625. The maximum absolute atomic E-state index is 6.40. The van der Waals surface area contributed by atoms with Crippen molar-refractivity contribution in [3.05, 3.63) is 34.6 Å². The van der Waals surface area contributed by atoms with Crippen LogP contribution in [0.5, 0.6) is 0 Å². The molecule has 0 bridgehead atoms. The van der Waals surface area contributed by atoms with E-state index < -0.39 is 0 Å². The molecular weight excluding hydrogens is 206 g/mol. The first-order chi connectivity index (χ1) is 7.55. The van der Waals surface area contributed by atoms with E-state index in [1.54, 1.807) is 0 Å². The average molecular weight is 233 g/mol. The van der Waals surface area contributed by atoms with Crippen LogP contribution in [0.4, 0.5) is 0 Å². The molecule has 1 nitrogen and oxygen atoms in total. The highest BCUT2D eigenvalue weighted by molar-refractivity contribution is 5.47. The minimum atomic E-state index is 0.126. The SMILES string of the molecule is CC(C)=CC1=C(N)C(C(C)(C)C)=CCC1(C)C. The highest BCUT2D eigenvalue weighted by Gasteiger charge is 2.32. The largest absolute Gasteiger partial charge is 0.398 e. The summed E-state index contributed by atoms with van der Waals surface area (Å²) in [4.78, 5) is 0. The normalized spacial score (nSPS) is 20.1. The molecule has 0 radical (unpaired) electrons. The summed E-state index contributed by atoms with van der Waals surface area (Å²) in [7, 11) is 0. The lowest BCUT2D eigenvalue weighted by molar-refractivity contribution is 0.427. The number of rotatable bonds is 1. The van der Waals surface area contributed by atoms with Gasteiger partial charge in [0, 0.05) is 5.70 Å². The Labute approximate surface area is 106 Å². The van der Waals surface area contributed by atoms with Gasteiger partial charge in [0.2, 0.25) is 0 Å². The summed E-state index contributed by atoms with van der Waals surface area (Å²) in [6.07, 6.45) is 5.63. The van der Waals surface area contributed by atoms with Crippen molar-refractivity contribution < 1.29 is 0 Å². The molecule has 0 heterocycles. The molecule has 2 N–H and O–H groups in total. The van der Waals surface area contributed by atoms with E-state index in [2.05, 4.69) is 60.6 Å². The Morgan fingerprint density at radius 1 is 1.29 bits per heavy atom. The van der Waals surface area contributed by atoms with Crippen molar-refractivity contribution in [3.63, 3.8) is 0 Å². The third-order valence-corrected chi connectivity index (χ3v) is 3.37. The summed E-state index contributed by atoms with van der Waals surface area (Å²) in [5, 5.41) is 0. The lowest BCUT2D eigenvalue weighted by Gasteiger charge is -2.36. The molecule has 0 amide bonds. The third kappa shape index (κ3) is 3.02. The molecule has 0 aromatic rings. The molecule has 0 fully saturated rings. The lowest BCUT2D eigenvalue weighted by Crippen LogP contribution is -2.27. The average Bonchev–Trinajstić information content (AvgIpc) is 2.09. The van der Waals surface area contributed by atoms with Crippen molar-refractivity contribution in [3.8, 4) is 0 Å². The van der Waals surface area contributed by atoms with Crippen LogP contribution in [-0.4, -0.2) is 0 Å². The first kappa shape index (κ1) is 14.1. The second-order valence-corrected chi connectivity index (χ2v) is 7.00. The van der Waals surface area contributed by atoms with E-state index in [0.29, 0.717) is 0 Å². The standard InChI is InChI=1S/C16H27N/c1-11(2)10-13-14(17)12(15(3,4)5)8-9-16(13,6)7/h8,10H,9,17H2,1-7H3. The lowest BCUT2D eigenvalue weighted by atomic mass is 9.70. The van der Waals surface area contributed by atoms with Crippen LogP contribution in [0.2, 0.25) is 0 Å². The van der Waals surface area contributed by atoms with E-state index in [9.17, 15) is 0 Å². The van der Waals surface area contributed by atoms with Gasteiger partial charge in [-0.15, -0.1) is 0 Å². The van der Waals surface area contributed by atoms with Crippen molar-refractivity contribution in [1.82, 2.24) is 0 Å². The molecule has 0 atom stereocenters. The fourth-order valence-electron chi connectivity index (χ4n) is 2.36. The maximum Gasteiger partial charge on any atom is 0.0386 e. The summed E-state index contributed by atoms with van der Waals surface area (Å²) in [5.41, 5.74) is 11.6. The Balaban J connectivity index is 3.35. The van der Waals surface area contributed by atoms with Gasteiger partial charge in [0.25, 0.3) is 0 Å². The molecule has 0 aromatic heterocycles. The smallest absolute Gasteiger partial charge is 0.0386 e. The molecule has 0 saturated carbocycles. The van der Waals surface area contributed by atoms with Crippen molar-refractivity contribution in [2.75, 3.05) is 0 Å². The Bertz CT molecular complexity index is 394. The Morgan fingerprint density at radius 2 is 1.82 bits per heavy atom. The van der Waals surface area contributed by atoms with Crippen molar-refractivity contribution in [2.24, 2.45) is 16.6 Å². The molecule has 1 aliphatic carbocycles. The van der Waals surface area contributed by atoms with Crippen molar-refractivity contribution in [2.45, 2.75) is 54.9 Å². The van der Waals surface area contributed by atoms with Gasteiger partial charge in [-0.25, -0.2) is 0 Å². The second-order valence-electron chi connectivity index (χ2n) is 7.00. The predicted octanol–water partition coefficient (Wildman–Crippen LogP) is 4.57. The summed E-state index contributed by atoms with van der Waals surface area (Å²) < 4.78 is 0. The molecule has 1 aliphatic rings. The monoisotopic (exact) mass is 233 g/mol. The van der Waals surface area contributed by atoms with Gasteiger partial charge < -0.3 is 5.73 Å². The predicted molar refractivity (Wildman–Crippen MR) is 76.6 cm³/mol. The van der Waals surface area contributed by atoms with Gasteiger partial charge in [0.05, 0.1) is 0 Å². The number of hydrogen-bond donors (Lipinski definition) is 1. The molecule has 1 rings (SSSR count). The Morgan fingerprint density at radius 3 is 2.24 bits per heavy atom. The second kappa shape index (κ2) is 4.36. The van der Waals surface area contributed by atoms with Crippen LogP contribution in [-0.2, 0) is 0 Å². The third-order valence-electron chi connectivity index (χ3n) is 3.37. The van der Waals surface area contributed by atoms with E-state index in [0.717, 1.165) is 12.1 Å². The summed E-state index contributed by atoms with van der Waals surface area (Å²) in [6, 6.07) is 0. The minimum Gasteiger partial charge on any atom is -0.398 e. The zero-order valence-corrected chi connectivity index (χ0v) is 12.4. The Hall–Kier alpha value is -0.980. The molecule has 17 heavy (non-hydrogen) atoms. The highest BCUT2D eigenvalue weighted by Crippen LogP contribution is 2.43. The molecule has 0 unspecified atom stereocenters.